The van der Waals surface area contributed by atoms with Gasteiger partial charge in [0.05, 0.1) is 24.8 Å². The van der Waals surface area contributed by atoms with Gasteiger partial charge in [-0.15, -0.1) is 11.8 Å². The molecule has 0 bridgehead atoms. The van der Waals surface area contributed by atoms with Crippen LogP contribution >= 0.6 is 24.4 Å². The molecular weight excluding hydrogens is 372 g/mol. The van der Waals surface area contributed by atoms with Crippen LogP contribution in [0.3, 0.4) is 0 Å². The monoisotopic (exact) mass is 394 g/mol. The molecule has 0 aliphatic rings. The summed E-state index contributed by atoms with van der Waals surface area (Å²) in [5, 5.41) is 16.4. The third kappa shape index (κ3) is 10.5. The molecule has 0 aromatic rings. The average molecular weight is 394 g/mol. The third-order valence-electron chi connectivity index (χ3n) is 2.75. The van der Waals surface area contributed by atoms with Crippen molar-refractivity contribution < 1.29 is 29.1 Å². The van der Waals surface area contributed by atoms with E-state index in [1.807, 2.05) is 0 Å². The lowest BCUT2D eigenvalue weighted by Crippen LogP contribution is -2.53. The third-order valence-corrected chi connectivity index (χ3v) is 3.91. The summed E-state index contributed by atoms with van der Waals surface area (Å²) >= 11 is 5.05. The predicted octanol–water partition coefficient (Wildman–Crippen LogP) is -1.77. The molecule has 0 heterocycles. The highest BCUT2D eigenvalue weighted by Crippen LogP contribution is 2.03. The minimum Gasteiger partial charge on any atom is -0.480 e. The number of thioether (sulfide) groups is 1. The van der Waals surface area contributed by atoms with Crippen LogP contribution in [0.15, 0.2) is 0 Å². The molecule has 0 saturated heterocycles. The van der Waals surface area contributed by atoms with Crippen LogP contribution in [0.1, 0.15) is 13.8 Å². The fourth-order valence-corrected chi connectivity index (χ4v) is 2.55. The van der Waals surface area contributed by atoms with E-state index in [4.69, 9.17) is 5.11 Å². The zero-order chi connectivity index (χ0) is 19.4. The number of nitrogens with one attached hydrogen (secondary N) is 3. The number of carbonyl (C=O) groups is 5. The molecule has 0 rings (SSSR count). The van der Waals surface area contributed by atoms with Gasteiger partial charge in [0.25, 0.3) is 0 Å². The summed E-state index contributed by atoms with van der Waals surface area (Å²) in [6, 6.07) is -1.24. The molecule has 25 heavy (non-hydrogen) atoms. The second-order valence-corrected chi connectivity index (χ2v) is 6.14. The number of carbonyl (C=O) groups excluding carboxylic acids is 4. The van der Waals surface area contributed by atoms with Crippen molar-refractivity contribution in [1.82, 2.24) is 20.9 Å². The van der Waals surface area contributed by atoms with E-state index < -0.39 is 36.3 Å². The van der Waals surface area contributed by atoms with Crippen molar-refractivity contribution in [2.24, 2.45) is 0 Å². The van der Waals surface area contributed by atoms with E-state index in [9.17, 15) is 24.0 Å². The number of hydrogen-bond donors (Lipinski definition) is 5. The molecule has 0 radical (unpaired) electrons. The van der Waals surface area contributed by atoms with Gasteiger partial charge in [0, 0.05) is 19.6 Å². The zero-order valence-corrected chi connectivity index (χ0v) is 15.6. The molecule has 1 atom stereocenters. The maximum atomic E-state index is 12.2. The number of carboxylic acid groups (broad SMARTS) is 1. The molecule has 10 nitrogen and oxygen atoms in total. The summed E-state index contributed by atoms with van der Waals surface area (Å²) < 4.78 is 0. The Morgan fingerprint density at radius 3 is 2.16 bits per heavy atom. The van der Waals surface area contributed by atoms with Gasteiger partial charge < -0.3 is 26.0 Å². The Morgan fingerprint density at radius 1 is 1.08 bits per heavy atom. The topological polar surface area (TPSA) is 145 Å². The molecule has 0 aromatic heterocycles. The largest absolute Gasteiger partial charge is 0.480 e. The minimum absolute atomic E-state index is 0.0220. The van der Waals surface area contributed by atoms with Gasteiger partial charge in [-0.3, -0.25) is 19.2 Å². The Kier molecular flexibility index (Phi) is 11.4. The average Bonchev–Trinajstić information content (AvgIpc) is 2.52. The fourth-order valence-electron chi connectivity index (χ4n) is 1.50. The van der Waals surface area contributed by atoms with Crippen molar-refractivity contribution >= 4 is 54.0 Å². The first-order valence-electron chi connectivity index (χ1n) is 7.15. The van der Waals surface area contributed by atoms with Crippen LogP contribution in [-0.2, 0) is 24.0 Å². The number of nitrogens with zero attached hydrogens (tertiary/aromatic N) is 1. The molecule has 0 aliphatic carbocycles. The van der Waals surface area contributed by atoms with Crippen molar-refractivity contribution in [2.45, 2.75) is 19.9 Å². The molecule has 0 aromatic carbocycles. The lowest BCUT2D eigenvalue weighted by molar-refractivity contribution is -0.149. The van der Waals surface area contributed by atoms with Gasteiger partial charge in [0.15, 0.2) is 0 Å². The summed E-state index contributed by atoms with van der Waals surface area (Å²) in [5.74, 6) is -2.91. The van der Waals surface area contributed by atoms with Crippen LogP contribution < -0.4 is 16.0 Å². The molecule has 4 N–H and O–H groups in total. The Hall–Kier alpha value is -1.95. The predicted molar refractivity (Wildman–Crippen MR) is 95.0 cm³/mol. The lowest BCUT2D eigenvalue weighted by atomic mass is 10.3. The number of thiol groups is 1. The van der Waals surface area contributed by atoms with Crippen LogP contribution in [0, 0.1) is 0 Å². The Bertz CT molecular complexity index is 517. The SMILES string of the molecule is CC(=O)NCSCC(=O)NCC(=O)N(CNC(C)=O)[C@H](CS)C(=O)O. The van der Waals surface area contributed by atoms with Crippen molar-refractivity contribution in [3.05, 3.63) is 0 Å². The normalized spacial score (nSPS) is 11.2. The van der Waals surface area contributed by atoms with Crippen molar-refractivity contribution in [3.8, 4) is 0 Å². The first-order valence-corrected chi connectivity index (χ1v) is 8.94. The van der Waals surface area contributed by atoms with E-state index in [1.165, 1.54) is 13.8 Å². The standard InChI is InChI=1S/C13H22N4O6S2/c1-8(18)15-6-17(10(4-24)13(22)23)12(21)3-14-11(20)5-25-7-16-9(2)19/h10,24H,3-7H2,1-2H3,(H,14,20)(H,15,18)(H,16,19)(H,22,23)/t10-/m1/s1. The first kappa shape index (κ1) is 23.1. The smallest absolute Gasteiger partial charge is 0.327 e. The molecule has 0 saturated carbocycles. The van der Waals surface area contributed by atoms with E-state index in [0.717, 1.165) is 16.7 Å². The fraction of sp³-hybridized carbons (Fsp3) is 0.615. The number of carboxylic acids is 1. The van der Waals surface area contributed by atoms with E-state index in [-0.39, 0.29) is 30.0 Å². The van der Waals surface area contributed by atoms with Crippen molar-refractivity contribution in [1.29, 1.82) is 0 Å². The second-order valence-electron chi connectivity index (χ2n) is 4.79. The quantitative estimate of drug-likeness (QED) is 0.158. The molecule has 0 spiro atoms. The molecule has 4 amide bonds. The van der Waals surface area contributed by atoms with E-state index in [0.29, 0.717) is 0 Å². The van der Waals surface area contributed by atoms with Gasteiger partial charge >= 0.3 is 5.97 Å². The van der Waals surface area contributed by atoms with Crippen LogP contribution in [0.5, 0.6) is 0 Å². The van der Waals surface area contributed by atoms with Crippen LogP contribution in [0.4, 0.5) is 0 Å². The Balaban J connectivity index is 4.54. The van der Waals surface area contributed by atoms with Crippen LogP contribution in [0.2, 0.25) is 0 Å². The highest BCUT2D eigenvalue weighted by atomic mass is 32.2. The van der Waals surface area contributed by atoms with Gasteiger partial charge in [0.2, 0.25) is 23.6 Å². The highest BCUT2D eigenvalue weighted by Gasteiger charge is 2.28. The second kappa shape index (κ2) is 12.4. The van der Waals surface area contributed by atoms with Crippen molar-refractivity contribution in [2.75, 3.05) is 30.6 Å². The molecule has 0 fully saturated rings. The van der Waals surface area contributed by atoms with Crippen molar-refractivity contribution in [3.63, 3.8) is 0 Å². The summed E-state index contributed by atoms with van der Waals surface area (Å²) in [6.45, 7) is 1.85. The van der Waals surface area contributed by atoms with E-state index in [2.05, 4.69) is 28.6 Å². The molecule has 0 aliphatic heterocycles. The Morgan fingerprint density at radius 2 is 1.68 bits per heavy atom. The maximum Gasteiger partial charge on any atom is 0.327 e. The molecule has 142 valence electrons. The van der Waals surface area contributed by atoms with Gasteiger partial charge in [-0.05, 0) is 0 Å². The summed E-state index contributed by atoms with van der Waals surface area (Å²) in [7, 11) is 0. The summed E-state index contributed by atoms with van der Waals surface area (Å²) in [6.07, 6.45) is 0. The Labute approximate surface area is 154 Å². The summed E-state index contributed by atoms with van der Waals surface area (Å²) in [5.41, 5.74) is 0. The van der Waals surface area contributed by atoms with Gasteiger partial charge in [-0.1, -0.05) is 0 Å². The van der Waals surface area contributed by atoms with Gasteiger partial charge in [-0.25, -0.2) is 4.79 Å². The zero-order valence-electron chi connectivity index (χ0n) is 13.9. The summed E-state index contributed by atoms with van der Waals surface area (Å²) in [4.78, 5) is 57.6. The highest BCUT2D eigenvalue weighted by molar-refractivity contribution is 7.99. The molecular formula is C13H22N4O6S2. The molecule has 12 heteroatoms. The van der Waals surface area contributed by atoms with Crippen LogP contribution in [-0.4, -0.2) is 76.2 Å². The number of rotatable bonds is 11. The lowest BCUT2D eigenvalue weighted by Gasteiger charge is -2.28. The number of hydrogen-bond acceptors (Lipinski definition) is 7. The minimum atomic E-state index is -1.27. The maximum absolute atomic E-state index is 12.2. The molecule has 0 unspecified atom stereocenters. The van der Waals surface area contributed by atoms with E-state index in [1.54, 1.807) is 0 Å². The number of amides is 4. The van der Waals surface area contributed by atoms with E-state index >= 15 is 0 Å². The number of aliphatic carboxylic acids is 1. The first-order chi connectivity index (χ1) is 11.7. The van der Waals surface area contributed by atoms with Crippen LogP contribution in [0.25, 0.3) is 0 Å². The van der Waals surface area contributed by atoms with Gasteiger partial charge in [-0.2, -0.15) is 12.6 Å². The van der Waals surface area contributed by atoms with Gasteiger partial charge in [0.1, 0.15) is 6.04 Å².